The molecule has 0 radical (unpaired) electrons. The molecule has 0 heterocycles. The molecule has 0 bridgehead atoms. The number of rotatable bonds is 4. The minimum atomic E-state index is -3.61. The summed E-state index contributed by atoms with van der Waals surface area (Å²) in [5.41, 5.74) is 1.30. The fourth-order valence-electron chi connectivity index (χ4n) is 1.68. The first-order valence-electron chi connectivity index (χ1n) is 5.88. The zero-order chi connectivity index (χ0) is 15.5. The molecule has 2 N–H and O–H groups in total. The molecule has 2 aromatic carbocycles. The summed E-state index contributed by atoms with van der Waals surface area (Å²) in [6.45, 7) is 0. The fourth-order valence-corrected chi connectivity index (χ4v) is 3.05. The van der Waals surface area contributed by atoms with Crippen LogP contribution in [0.25, 0.3) is 0 Å². The number of halogens is 1. The number of nitrogens with zero attached hydrogens (tertiary/aromatic N) is 1. The fraction of sp³-hybridized carbons (Fsp3) is 0.0714. The Kier molecular flexibility index (Phi) is 4.36. The first-order chi connectivity index (χ1) is 9.89. The average Bonchev–Trinajstić information content (AvgIpc) is 2.43. The molecule has 0 saturated heterocycles. The third-order valence-corrected chi connectivity index (χ3v) is 4.22. The Labute approximate surface area is 127 Å². The van der Waals surface area contributed by atoms with E-state index in [1.54, 1.807) is 24.3 Å². The van der Waals surface area contributed by atoms with Crippen molar-refractivity contribution in [2.75, 3.05) is 4.72 Å². The number of nitrogens with one attached hydrogen (secondary N) is 1. The molecule has 0 amide bonds. The summed E-state index contributed by atoms with van der Waals surface area (Å²) in [6.07, 6.45) is 0. The van der Waals surface area contributed by atoms with Gasteiger partial charge in [0, 0.05) is 0 Å². The topological polar surface area (TPSA) is 90.2 Å². The van der Waals surface area contributed by atoms with Gasteiger partial charge < -0.3 is 5.11 Å². The van der Waals surface area contributed by atoms with Gasteiger partial charge in [-0.25, -0.2) is 8.42 Å². The van der Waals surface area contributed by atoms with E-state index in [2.05, 4.69) is 4.72 Å². The van der Waals surface area contributed by atoms with Crippen LogP contribution in [0, 0.1) is 11.3 Å². The van der Waals surface area contributed by atoms with Gasteiger partial charge in [-0.1, -0.05) is 23.7 Å². The molecule has 0 aromatic heterocycles. The van der Waals surface area contributed by atoms with E-state index < -0.39 is 10.0 Å². The Morgan fingerprint density at radius 1 is 1.19 bits per heavy atom. The van der Waals surface area contributed by atoms with Crippen LogP contribution in [0.1, 0.15) is 11.1 Å². The van der Waals surface area contributed by atoms with Crippen LogP contribution in [-0.2, 0) is 15.8 Å². The van der Waals surface area contributed by atoms with E-state index in [0.29, 0.717) is 11.1 Å². The molecule has 5 nitrogen and oxygen atoms in total. The third kappa shape index (κ3) is 4.12. The lowest BCUT2D eigenvalue weighted by molar-refractivity contribution is 0.475. The van der Waals surface area contributed by atoms with E-state index in [-0.39, 0.29) is 22.2 Å². The Bertz CT molecular complexity index is 796. The Balaban J connectivity index is 2.14. The highest BCUT2D eigenvalue weighted by atomic mass is 35.5. The highest BCUT2D eigenvalue weighted by molar-refractivity contribution is 7.91. The summed E-state index contributed by atoms with van der Waals surface area (Å²) in [4.78, 5) is 0. The van der Waals surface area contributed by atoms with Crippen LogP contribution in [0.2, 0.25) is 5.02 Å². The van der Waals surface area contributed by atoms with Crippen LogP contribution in [-0.4, -0.2) is 13.5 Å². The van der Waals surface area contributed by atoms with Crippen LogP contribution >= 0.6 is 11.6 Å². The van der Waals surface area contributed by atoms with Crippen molar-refractivity contribution in [3.05, 3.63) is 58.6 Å². The highest BCUT2D eigenvalue weighted by Gasteiger charge is 2.12. The van der Waals surface area contributed by atoms with Crippen molar-refractivity contribution < 1.29 is 13.5 Å². The second-order valence-electron chi connectivity index (χ2n) is 4.34. The van der Waals surface area contributed by atoms with E-state index in [9.17, 15) is 13.5 Å². The van der Waals surface area contributed by atoms with E-state index in [1.807, 2.05) is 6.07 Å². The molecule has 108 valence electrons. The number of anilines is 1. The molecule has 21 heavy (non-hydrogen) atoms. The van der Waals surface area contributed by atoms with Gasteiger partial charge in [0.25, 0.3) is 0 Å². The van der Waals surface area contributed by atoms with Gasteiger partial charge in [0.05, 0.1) is 28.1 Å². The quantitative estimate of drug-likeness (QED) is 0.847. The molecule has 7 heteroatoms. The maximum Gasteiger partial charge on any atom is 0.236 e. The summed E-state index contributed by atoms with van der Waals surface area (Å²) in [5.74, 6) is -0.344. The zero-order valence-electron chi connectivity index (χ0n) is 10.7. The van der Waals surface area contributed by atoms with Crippen LogP contribution in [0.15, 0.2) is 42.5 Å². The maximum absolute atomic E-state index is 12.0. The predicted molar refractivity (Wildman–Crippen MR) is 80.5 cm³/mol. The molecule has 0 aliphatic rings. The first kappa shape index (κ1) is 15.2. The second-order valence-corrected chi connectivity index (χ2v) is 6.47. The lowest BCUT2D eigenvalue weighted by Crippen LogP contribution is -2.15. The SMILES string of the molecule is N#Cc1ccc(CS(=O)(=O)Nc2ccc(O)c(Cl)c2)cc1. The molecule has 2 rings (SSSR count). The van der Waals surface area contributed by atoms with E-state index in [0.717, 1.165) is 0 Å². The molecule has 0 spiro atoms. The van der Waals surface area contributed by atoms with Crippen LogP contribution in [0.3, 0.4) is 0 Å². The van der Waals surface area contributed by atoms with Crippen molar-refractivity contribution in [1.29, 1.82) is 5.26 Å². The summed E-state index contributed by atoms with van der Waals surface area (Å²) in [6, 6.07) is 12.3. The number of hydrogen-bond acceptors (Lipinski definition) is 4. The van der Waals surface area contributed by atoms with E-state index in [4.69, 9.17) is 16.9 Å². The minimum absolute atomic E-state index is 0.0635. The predicted octanol–water partition coefficient (Wildman–Crippen LogP) is 2.86. The smallest absolute Gasteiger partial charge is 0.236 e. The molecule has 0 aliphatic heterocycles. The Morgan fingerprint density at radius 2 is 1.86 bits per heavy atom. The number of nitriles is 1. The third-order valence-electron chi connectivity index (χ3n) is 2.66. The van der Waals surface area contributed by atoms with Gasteiger partial charge >= 0.3 is 0 Å². The second kappa shape index (κ2) is 6.04. The maximum atomic E-state index is 12.0. The van der Waals surface area contributed by atoms with Gasteiger partial charge in [-0.15, -0.1) is 0 Å². The van der Waals surface area contributed by atoms with Crippen molar-refractivity contribution in [3.8, 4) is 11.8 Å². The first-order valence-corrected chi connectivity index (χ1v) is 7.91. The van der Waals surface area contributed by atoms with Gasteiger partial charge in [0.15, 0.2) is 0 Å². The monoisotopic (exact) mass is 322 g/mol. The Hall–Kier alpha value is -2.23. The van der Waals surface area contributed by atoms with Crippen molar-refractivity contribution in [2.45, 2.75) is 5.75 Å². The Morgan fingerprint density at radius 3 is 2.43 bits per heavy atom. The van der Waals surface area contributed by atoms with Gasteiger partial charge in [0.1, 0.15) is 5.75 Å². The highest BCUT2D eigenvalue weighted by Crippen LogP contribution is 2.26. The molecular formula is C14H11ClN2O3S. The normalized spacial score (nSPS) is 10.9. The summed E-state index contributed by atoms with van der Waals surface area (Å²) >= 11 is 5.72. The zero-order valence-corrected chi connectivity index (χ0v) is 12.3. The lowest BCUT2D eigenvalue weighted by atomic mass is 10.2. The summed E-state index contributed by atoms with van der Waals surface area (Å²) < 4.78 is 26.5. The van der Waals surface area contributed by atoms with Crippen molar-refractivity contribution in [2.24, 2.45) is 0 Å². The molecule has 2 aromatic rings. The van der Waals surface area contributed by atoms with E-state index >= 15 is 0 Å². The largest absolute Gasteiger partial charge is 0.506 e. The molecule has 0 atom stereocenters. The number of sulfonamides is 1. The number of phenols is 1. The number of hydrogen-bond donors (Lipinski definition) is 2. The molecule has 0 fully saturated rings. The molecule has 0 aliphatic carbocycles. The molecule has 0 unspecified atom stereocenters. The lowest BCUT2D eigenvalue weighted by Gasteiger charge is -2.09. The number of aromatic hydroxyl groups is 1. The summed E-state index contributed by atoms with van der Waals surface area (Å²) in [5, 5.41) is 18.0. The molecule has 0 saturated carbocycles. The van der Waals surface area contributed by atoms with Crippen LogP contribution in [0.4, 0.5) is 5.69 Å². The average molecular weight is 323 g/mol. The van der Waals surface area contributed by atoms with Crippen molar-refractivity contribution in [1.82, 2.24) is 0 Å². The number of benzene rings is 2. The summed E-state index contributed by atoms with van der Waals surface area (Å²) in [7, 11) is -3.61. The van der Waals surface area contributed by atoms with Gasteiger partial charge in [-0.3, -0.25) is 4.72 Å². The standard InChI is InChI=1S/C14H11ClN2O3S/c15-13-7-12(5-6-14(13)18)17-21(19,20)9-11-3-1-10(8-16)2-4-11/h1-7,17-18H,9H2. The van der Waals surface area contributed by atoms with E-state index in [1.165, 1.54) is 18.2 Å². The van der Waals surface area contributed by atoms with Gasteiger partial charge in [-0.2, -0.15) is 5.26 Å². The van der Waals surface area contributed by atoms with Gasteiger partial charge in [-0.05, 0) is 35.9 Å². The van der Waals surface area contributed by atoms with Crippen molar-refractivity contribution in [3.63, 3.8) is 0 Å². The van der Waals surface area contributed by atoms with Crippen molar-refractivity contribution >= 4 is 27.3 Å². The van der Waals surface area contributed by atoms with Gasteiger partial charge in [0.2, 0.25) is 10.0 Å². The van der Waals surface area contributed by atoms with Crippen LogP contribution < -0.4 is 4.72 Å². The van der Waals surface area contributed by atoms with Crippen LogP contribution in [0.5, 0.6) is 5.75 Å². The molecular weight excluding hydrogens is 312 g/mol. The number of phenolic OH excluding ortho intramolecular Hbond substituents is 1. The minimum Gasteiger partial charge on any atom is -0.506 e.